The predicted molar refractivity (Wildman–Crippen MR) is 70.3 cm³/mol. The first-order valence-corrected chi connectivity index (χ1v) is 5.98. The maximum atomic E-state index is 12.9. The molecule has 0 aliphatic heterocycles. The van der Waals surface area contributed by atoms with E-state index in [-0.39, 0.29) is 11.4 Å². The number of carbonyl (C=O) groups excluding carboxylic acids is 1. The monoisotopic (exact) mass is 285 g/mol. The second-order valence-electron chi connectivity index (χ2n) is 3.81. The minimum absolute atomic E-state index is 0.0421. The van der Waals surface area contributed by atoms with Crippen molar-refractivity contribution < 1.29 is 19.1 Å². The minimum atomic E-state index is -1.09. The number of rotatable bonds is 5. The summed E-state index contributed by atoms with van der Waals surface area (Å²) < 4.78 is 12.9. The first kappa shape index (κ1) is 15.2. The number of carboxylic acids is 1. The molecule has 1 amide bonds. The summed E-state index contributed by atoms with van der Waals surface area (Å²) in [6.45, 7) is 1.66. The topological polar surface area (TPSA) is 66.4 Å². The molecular formula is C13H13ClFNO3. The molecule has 0 aliphatic rings. The number of halogens is 2. The molecule has 0 aliphatic carbocycles. The average molecular weight is 286 g/mol. The Balaban J connectivity index is 2.68. The summed E-state index contributed by atoms with van der Waals surface area (Å²) in [6.07, 6.45) is 2.89. The molecular weight excluding hydrogens is 273 g/mol. The highest BCUT2D eigenvalue weighted by atomic mass is 35.5. The number of benzene rings is 1. The van der Waals surface area contributed by atoms with Crippen LogP contribution in [0.1, 0.15) is 18.9 Å². The SMILES string of the molecule is CC[C@@H](NC(=O)C=Cc1ccc(F)c(Cl)c1)C(=O)O. The summed E-state index contributed by atoms with van der Waals surface area (Å²) >= 11 is 5.59. The van der Waals surface area contributed by atoms with Gasteiger partial charge in [0.2, 0.25) is 5.91 Å². The van der Waals surface area contributed by atoms with Crippen LogP contribution in [-0.4, -0.2) is 23.0 Å². The molecule has 0 aromatic heterocycles. The zero-order valence-electron chi connectivity index (χ0n) is 10.2. The van der Waals surface area contributed by atoms with Gasteiger partial charge in [-0.2, -0.15) is 0 Å². The molecule has 1 atom stereocenters. The molecule has 1 aromatic carbocycles. The first-order chi connectivity index (χ1) is 8.93. The number of aliphatic carboxylic acids is 1. The number of amides is 1. The van der Waals surface area contributed by atoms with Gasteiger partial charge in [0.25, 0.3) is 0 Å². The van der Waals surface area contributed by atoms with Crippen molar-refractivity contribution in [2.75, 3.05) is 0 Å². The van der Waals surface area contributed by atoms with E-state index in [2.05, 4.69) is 5.32 Å². The fourth-order valence-electron chi connectivity index (χ4n) is 1.35. The van der Waals surface area contributed by atoms with Crippen LogP contribution in [-0.2, 0) is 9.59 Å². The third-order valence-electron chi connectivity index (χ3n) is 2.39. The van der Waals surface area contributed by atoms with Gasteiger partial charge >= 0.3 is 5.97 Å². The van der Waals surface area contributed by atoms with Gasteiger partial charge in [0.1, 0.15) is 11.9 Å². The van der Waals surface area contributed by atoms with Gasteiger partial charge in [-0.15, -0.1) is 0 Å². The van der Waals surface area contributed by atoms with E-state index in [4.69, 9.17) is 16.7 Å². The van der Waals surface area contributed by atoms with Crippen molar-refractivity contribution in [2.24, 2.45) is 0 Å². The number of nitrogens with one attached hydrogen (secondary N) is 1. The van der Waals surface area contributed by atoms with Gasteiger partial charge in [0.05, 0.1) is 5.02 Å². The molecule has 6 heteroatoms. The highest BCUT2D eigenvalue weighted by molar-refractivity contribution is 6.30. The molecule has 2 N–H and O–H groups in total. The van der Waals surface area contributed by atoms with Gasteiger partial charge < -0.3 is 10.4 Å². The summed E-state index contributed by atoms with van der Waals surface area (Å²) in [4.78, 5) is 22.2. The van der Waals surface area contributed by atoms with Gasteiger partial charge in [0, 0.05) is 6.08 Å². The standard InChI is InChI=1S/C13H13ClFNO3/c1-2-11(13(18)19)16-12(17)6-4-8-3-5-10(15)9(14)7-8/h3-7,11H,2H2,1H3,(H,16,17)(H,18,19)/t11-/m1/s1. The molecule has 102 valence electrons. The van der Waals surface area contributed by atoms with Gasteiger partial charge in [-0.05, 0) is 30.2 Å². The van der Waals surface area contributed by atoms with E-state index in [0.29, 0.717) is 5.56 Å². The van der Waals surface area contributed by atoms with Crippen molar-refractivity contribution in [3.63, 3.8) is 0 Å². The van der Waals surface area contributed by atoms with Crippen molar-refractivity contribution in [3.05, 3.63) is 40.7 Å². The van der Waals surface area contributed by atoms with Crippen LogP contribution in [0.3, 0.4) is 0 Å². The Labute approximate surface area is 114 Å². The van der Waals surface area contributed by atoms with Gasteiger partial charge in [-0.3, -0.25) is 4.79 Å². The van der Waals surface area contributed by atoms with Crippen molar-refractivity contribution in [2.45, 2.75) is 19.4 Å². The molecule has 4 nitrogen and oxygen atoms in total. The van der Waals surface area contributed by atoms with Crippen LogP contribution in [0.15, 0.2) is 24.3 Å². The lowest BCUT2D eigenvalue weighted by Gasteiger charge is -2.09. The fourth-order valence-corrected chi connectivity index (χ4v) is 1.54. The van der Waals surface area contributed by atoms with Crippen molar-refractivity contribution in [1.29, 1.82) is 0 Å². The number of carbonyl (C=O) groups is 2. The number of hydrogen-bond donors (Lipinski definition) is 2. The highest BCUT2D eigenvalue weighted by Crippen LogP contribution is 2.16. The minimum Gasteiger partial charge on any atom is -0.480 e. The van der Waals surface area contributed by atoms with Crippen LogP contribution in [0.4, 0.5) is 4.39 Å². The van der Waals surface area contributed by atoms with E-state index in [0.717, 1.165) is 0 Å². The highest BCUT2D eigenvalue weighted by Gasteiger charge is 2.15. The molecule has 1 rings (SSSR count). The van der Waals surface area contributed by atoms with Crippen LogP contribution >= 0.6 is 11.6 Å². The smallest absolute Gasteiger partial charge is 0.326 e. The second-order valence-corrected chi connectivity index (χ2v) is 4.22. The molecule has 0 bridgehead atoms. The average Bonchev–Trinajstić information content (AvgIpc) is 2.37. The molecule has 0 fully saturated rings. The summed E-state index contributed by atoms with van der Waals surface area (Å²) in [5, 5.41) is 11.1. The van der Waals surface area contributed by atoms with E-state index >= 15 is 0 Å². The zero-order chi connectivity index (χ0) is 14.4. The molecule has 0 unspecified atom stereocenters. The third kappa shape index (κ3) is 4.71. The molecule has 19 heavy (non-hydrogen) atoms. The van der Waals surface area contributed by atoms with Crippen LogP contribution in [0.2, 0.25) is 5.02 Å². The van der Waals surface area contributed by atoms with Crippen molar-refractivity contribution in [3.8, 4) is 0 Å². The zero-order valence-corrected chi connectivity index (χ0v) is 10.9. The summed E-state index contributed by atoms with van der Waals surface area (Å²) in [5.41, 5.74) is 0.546. The van der Waals surface area contributed by atoms with Crippen LogP contribution in [0, 0.1) is 5.82 Å². The first-order valence-electron chi connectivity index (χ1n) is 5.60. The lowest BCUT2D eigenvalue weighted by molar-refractivity contribution is -0.141. The maximum Gasteiger partial charge on any atom is 0.326 e. The summed E-state index contributed by atoms with van der Waals surface area (Å²) in [7, 11) is 0. The summed E-state index contributed by atoms with van der Waals surface area (Å²) in [5.74, 6) is -2.16. The Morgan fingerprint density at radius 2 is 2.21 bits per heavy atom. The third-order valence-corrected chi connectivity index (χ3v) is 2.68. The van der Waals surface area contributed by atoms with E-state index in [1.807, 2.05) is 0 Å². The van der Waals surface area contributed by atoms with Gasteiger partial charge in [-0.25, -0.2) is 9.18 Å². The normalized spacial score (nSPS) is 12.4. The molecule has 0 spiro atoms. The van der Waals surface area contributed by atoms with E-state index < -0.39 is 23.7 Å². The van der Waals surface area contributed by atoms with Gasteiger partial charge in [-0.1, -0.05) is 24.6 Å². The molecule has 0 radical (unpaired) electrons. The Morgan fingerprint density at radius 1 is 1.53 bits per heavy atom. The lowest BCUT2D eigenvalue weighted by Crippen LogP contribution is -2.39. The maximum absolute atomic E-state index is 12.9. The van der Waals surface area contributed by atoms with E-state index in [9.17, 15) is 14.0 Å². The lowest BCUT2D eigenvalue weighted by atomic mass is 10.2. The number of hydrogen-bond acceptors (Lipinski definition) is 2. The summed E-state index contributed by atoms with van der Waals surface area (Å²) in [6, 6.07) is 3.09. The Bertz CT molecular complexity index is 517. The number of carboxylic acid groups (broad SMARTS) is 1. The van der Waals surface area contributed by atoms with Crippen molar-refractivity contribution >= 4 is 29.6 Å². The molecule has 0 saturated carbocycles. The van der Waals surface area contributed by atoms with E-state index in [1.54, 1.807) is 6.92 Å². The Morgan fingerprint density at radius 3 is 2.74 bits per heavy atom. The quantitative estimate of drug-likeness (QED) is 0.817. The Hall–Kier alpha value is -1.88. The van der Waals surface area contributed by atoms with Gasteiger partial charge in [0.15, 0.2) is 0 Å². The van der Waals surface area contributed by atoms with Crippen LogP contribution < -0.4 is 5.32 Å². The molecule has 0 heterocycles. The second kappa shape index (κ2) is 6.89. The molecule has 1 aromatic rings. The Kier molecular flexibility index (Phi) is 5.51. The largest absolute Gasteiger partial charge is 0.480 e. The fraction of sp³-hybridized carbons (Fsp3) is 0.231. The predicted octanol–water partition coefficient (Wildman–Crippen LogP) is 2.47. The van der Waals surface area contributed by atoms with E-state index in [1.165, 1.54) is 30.4 Å². The van der Waals surface area contributed by atoms with Crippen LogP contribution in [0.25, 0.3) is 6.08 Å². The van der Waals surface area contributed by atoms with Crippen molar-refractivity contribution in [1.82, 2.24) is 5.32 Å². The van der Waals surface area contributed by atoms with Crippen LogP contribution in [0.5, 0.6) is 0 Å². The molecule has 0 saturated heterocycles.